The van der Waals surface area contributed by atoms with E-state index in [9.17, 15) is 0 Å². The van der Waals surface area contributed by atoms with E-state index in [4.69, 9.17) is 0 Å². The highest BCUT2D eigenvalue weighted by atomic mass is 31.1. The average molecular weight is 351 g/mol. The van der Waals surface area contributed by atoms with Gasteiger partial charge in [0.1, 0.15) is 0 Å². The molecule has 0 aromatic heterocycles. The summed E-state index contributed by atoms with van der Waals surface area (Å²) in [4.78, 5) is 0. The Kier molecular flexibility index (Phi) is 1.72. The first-order chi connectivity index (χ1) is 11.7. The lowest BCUT2D eigenvalue weighted by atomic mass is 9.87. The smallest absolute Gasteiger partial charge is 0.0635 e. The zero-order valence-electron chi connectivity index (χ0n) is 14.9. The van der Waals surface area contributed by atoms with Gasteiger partial charge in [0, 0.05) is 10.3 Å². The fourth-order valence-corrected chi connectivity index (χ4v) is 27.9. The first-order valence-electron chi connectivity index (χ1n) is 10.5. The van der Waals surface area contributed by atoms with Crippen LogP contribution in [0.3, 0.4) is 0 Å². The highest BCUT2D eigenvalue weighted by molar-refractivity contribution is 7.72. The van der Waals surface area contributed by atoms with E-state index in [1.165, 1.54) is 23.7 Å². The molecule has 2 spiro atoms. The van der Waals surface area contributed by atoms with E-state index < -0.39 is 8.07 Å². The largest absolute Gasteiger partial charge is 0.0684 e. The molecule has 4 unspecified atom stereocenters. The third-order valence-electron chi connectivity index (χ3n) is 11.1. The summed E-state index contributed by atoms with van der Waals surface area (Å²) in [5, 5.41) is 5.52. The molecule has 1 aromatic carbocycles. The second kappa shape index (κ2) is 3.16. The minimum Gasteiger partial charge on any atom is -0.0684 e. The summed E-state index contributed by atoms with van der Waals surface area (Å²) in [7, 11) is -0.984. The summed E-state index contributed by atoms with van der Waals surface area (Å²) in [5.41, 5.74) is 0. The molecule has 7 fully saturated rings. The Balaban J connectivity index is 1.42. The number of hydrogen-bond acceptors (Lipinski definition) is 0. The number of benzene rings is 1. The maximum atomic E-state index is 2.91. The van der Waals surface area contributed by atoms with Crippen LogP contribution in [0.2, 0.25) is 23.2 Å². The molecule has 6 aliphatic carbocycles. The normalized spacial score (nSPS) is 67.2. The second-order valence-corrected chi connectivity index (χ2v) is 18.3. The van der Waals surface area contributed by atoms with Crippen molar-refractivity contribution in [2.45, 2.75) is 72.0 Å². The lowest BCUT2D eigenvalue weighted by Gasteiger charge is -2.44. The second-order valence-electron chi connectivity index (χ2n) is 10.8. The summed E-state index contributed by atoms with van der Waals surface area (Å²) >= 11 is 0. The Morgan fingerprint density at radius 1 is 0.792 bits per heavy atom. The van der Waals surface area contributed by atoms with Gasteiger partial charge in [0.05, 0.1) is 8.07 Å². The Morgan fingerprint density at radius 3 is 1.71 bits per heavy atom. The van der Waals surface area contributed by atoms with E-state index in [1.54, 1.807) is 38.5 Å². The van der Waals surface area contributed by atoms with Crippen molar-refractivity contribution in [1.82, 2.24) is 0 Å². The van der Waals surface area contributed by atoms with Gasteiger partial charge >= 0.3 is 0 Å². The van der Waals surface area contributed by atoms with E-state index in [0.29, 0.717) is 0 Å². The molecule has 1 aliphatic heterocycles. The van der Waals surface area contributed by atoms with Crippen molar-refractivity contribution in [1.29, 1.82) is 0 Å². The van der Waals surface area contributed by atoms with E-state index >= 15 is 0 Å². The zero-order valence-corrected chi connectivity index (χ0v) is 16.8. The van der Waals surface area contributed by atoms with E-state index in [-0.39, 0.29) is 7.92 Å². The SMILES string of the molecule is C[Si]1(C)C23C4CCCC2C43P(c2ccccc2)C23C4CCCC2C431. The maximum absolute atomic E-state index is 2.91. The molecule has 6 saturated carbocycles. The molecule has 0 bridgehead atoms. The fourth-order valence-electron chi connectivity index (χ4n) is 11.3. The van der Waals surface area contributed by atoms with Crippen molar-refractivity contribution < 1.29 is 0 Å². The molecule has 4 atom stereocenters. The van der Waals surface area contributed by atoms with E-state index in [2.05, 4.69) is 43.4 Å². The Bertz CT molecular complexity index is 754. The molecule has 124 valence electrons. The standard InChI is InChI=1S/C22H27PSi/c1-24(2)21-15-10-6-11-16(21)19(15,21)23(14-8-4-3-5-9-14)20-17-12-7-13-18(20)22(17,20)24/h3-5,8-9,15-18H,6-7,10-13H2,1-2H3. The summed E-state index contributed by atoms with van der Waals surface area (Å²) < 4.78 is 0. The van der Waals surface area contributed by atoms with Crippen LogP contribution in [-0.4, -0.2) is 18.4 Å². The lowest BCUT2D eigenvalue weighted by molar-refractivity contribution is 0.319. The van der Waals surface area contributed by atoms with Crippen LogP contribution in [-0.2, 0) is 0 Å². The molecule has 8 rings (SSSR count). The van der Waals surface area contributed by atoms with E-state index in [1.807, 2.05) is 5.30 Å². The molecule has 0 radical (unpaired) electrons. The predicted molar refractivity (Wildman–Crippen MR) is 103 cm³/mol. The Hall–Kier alpha value is -0.133. The first kappa shape index (κ1) is 13.1. The zero-order chi connectivity index (χ0) is 15.7. The molecule has 0 nitrogen and oxygen atoms in total. The van der Waals surface area contributed by atoms with Crippen LogP contribution in [0.1, 0.15) is 38.5 Å². The van der Waals surface area contributed by atoms with Gasteiger partial charge in [-0.3, -0.25) is 0 Å². The molecule has 1 aromatic rings. The van der Waals surface area contributed by atoms with Crippen LogP contribution in [0.5, 0.6) is 0 Å². The van der Waals surface area contributed by atoms with Gasteiger partial charge < -0.3 is 0 Å². The Labute approximate surface area is 147 Å². The van der Waals surface area contributed by atoms with Crippen LogP contribution in [0.4, 0.5) is 0 Å². The lowest BCUT2D eigenvalue weighted by Crippen LogP contribution is -2.42. The van der Waals surface area contributed by atoms with Crippen LogP contribution in [0, 0.1) is 23.7 Å². The molecular weight excluding hydrogens is 323 g/mol. The molecule has 7 aliphatic rings. The minimum atomic E-state index is -1.12. The highest BCUT2D eigenvalue weighted by Gasteiger charge is 3.18. The van der Waals surface area contributed by atoms with Gasteiger partial charge in [-0.25, -0.2) is 0 Å². The van der Waals surface area contributed by atoms with Gasteiger partial charge in [-0.05, 0) is 64.7 Å². The van der Waals surface area contributed by atoms with Gasteiger partial charge in [-0.2, -0.15) is 0 Å². The average Bonchev–Trinajstić information content (AvgIpc) is 3.53. The van der Waals surface area contributed by atoms with Crippen LogP contribution in [0.25, 0.3) is 0 Å². The third kappa shape index (κ3) is 0.761. The summed E-state index contributed by atoms with van der Waals surface area (Å²) in [5.74, 6) is 4.78. The molecule has 1 saturated heterocycles. The van der Waals surface area contributed by atoms with Crippen molar-refractivity contribution >= 4 is 21.3 Å². The van der Waals surface area contributed by atoms with Crippen molar-refractivity contribution in [2.24, 2.45) is 23.7 Å². The molecule has 2 heteroatoms. The van der Waals surface area contributed by atoms with Crippen molar-refractivity contribution in [3.63, 3.8) is 0 Å². The van der Waals surface area contributed by atoms with Crippen molar-refractivity contribution in [2.75, 3.05) is 0 Å². The van der Waals surface area contributed by atoms with Gasteiger partial charge in [0.25, 0.3) is 0 Å². The van der Waals surface area contributed by atoms with Crippen molar-refractivity contribution in [3.05, 3.63) is 30.3 Å². The van der Waals surface area contributed by atoms with Gasteiger partial charge in [-0.15, -0.1) is 0 Å². The summed E-state index contributed by atoms with van der Waals surface area (Å²) in [6, 6.07) is 12.1. The predicted octanol–water partition coefficient (Wildman–Crippen LogP) is 5.36. The molecule has 0 N–H and O–H groups in total. The maximum Gasteiger partial charge on any atom is 0.0635 e. The van der Waals surface area contributed by atoms with Gasteiger partial charge in [0.2, 0.25) is 0 Å². The molecule has 24 heavy (non-hydrogen) atoms. The highest BCUT2D eigenvalue weighted by Crippen LogP contribution is 3.25. The van der Waals surface area contributed by atoms with E-state index in [0.717, 1.165) is 20.4 Å². The van der Waals surface area contributed by atoms with Crippen LogP contribution >= 0.6 is 7.92 Å². The number of rotatable bonds is 1. The van der Waals surface area contributed by atoms with Crippen molar-refractivity contribution in [3.8, 4) is 0 Å². The fraction of sp³-hybridized carbons (Fsp3) is 0.727. The first-order valence-corrected chi connectivity index (χ1v) is 14.9. The van der Waals surface area contributed by atoms with Crippen LogP contribution in [0.15, 0.2) is 30.3 Å². The van der Waals surface area contributed by atoms with Gasteiger partial charge in [-0.1, -0.05) is 64.2 Å². The quantitative estimate of drug-likeness (QED) is 0.472. The third-order valence-corrected chi connectivity index (χ3v) is 22.2. The topological polar surface area (TPSA) is 0 Å². The molecule has 1 heterocycles. The van der Waals surface area contributed by atoms with Gasteiger partial charge in [0.15, 0.2) is 0 Å². The minimum absolute atomic E-state index is 0.134. The summed E-state index contributed by atoms with van der Waals surface area (Å²) in [6.45, 7) is 5.82. The number of hydrogen-bond donors (Lipinski definition) is 0. The molecule has 0 amide bonds. The Morgan fingerprint density at radius 2 is 1.25 bits per heavy atom. The summed E-state index contributed by atoms with van der Waals surface area (Å²) in [6.07, 6.45) is 9.57. The van der Waals surface area contributed by atoms with Crippen LogP contribution < -0.4 is 5.30 Å². The molecular formula is C22H27PSi. The monoisotopic (exact) mass is 350 g/mol.